The number of ether oxygens (including phenoxy) is 1. The van der Waals surface area contributed by atoms with Crippen molar-refractivity contribution < 1.29 is 13.2 Å². The molecular weight excluding hydrogens is 364 g/mol. The first-order valence-electron chi connectivity index (χ1n) is 6.74. The molecule has 2 aromatic rings. The van der Waals surface area contributed by atoms with Crippen molar-refractivity contribution in [2.45, 2.75) is 9.79 Å². The fourth-order valence-electron chi connectivity index (χ4n) is 1.85. The lowest BCUT2D eigenvalue weighted by atomic mass is 10.3. The van der Waals surface area contributed by atoms with Crippen molar-refractivity contribution in [2.75, 3.05) is 12.5 Å². The lowest BCUT2D eigenvalue weighted by Crippen LogP contribution is -2.04. The molecule has 9 heteroatoms. The van der Waals surface area contributed by atoms with Crippen molar-refractivity contribution in [3.8, 4) is 17.9 Å². The molecule has 0 amide bonds. The zero-order valence-electron chi connectivity index (χ0n) is 12.9. The smallest absolute Gasteiger partial charge is 0.237 e. The van der Waals surface area contributed by atoms with Gasteiger partial charge < -0.3 is 4.74 Å². The number of nitrogens with zero attached hydrogens (tertiary/aromatic N) is 3. The van der Waals surface area contributed by atoms with Gasteiger partial charge in [0.05, 0.1) is 22.6 Å². The topological polar surface area (TPSA) is 115 Å². The largest absolute Gasteiger partial charge is 0.497 e. The fourth-order valence-corrected chi connectivity index (χ4v) is 3.30. The molecule has 0 unspecified atom stereocenters. The lowest BCUT2D eigenvalue weighted by molar-refractivity contribution is 0.413. The Morgan fingerprint density at radius 2 is 1.76 bits per heavy atom. The number of methoxy groups -OCH3 is 1. The number of nitrogens with one attached hydrogen (secondary N) is 1. The van der Waals surface area contributed by atoms with Gasteiger partial charge in [-0.05, 0) is 36.4 Å². The third-order valence-corrected chi connectivity index (χ3v) is 5.06. The van der Waals surface area contributed by atoms with E-state index in [1.54, 1.807) is 12.1 Å². The maximum Gasteiger partial charge on any atom is 0.237 e. The van der Waals surface area contributed by atoms with Gasteiger partial charge in [0.25, 0.3) is 0 Å². The van der Waals surface area contributed by atoms with E-state index < -0.39 is 15.5 Å². The highest BCUT2D eigenvalue weighted by atomic mass is 35.5. The van der Waals surface area contributed by atoms with Crippen LogP contribution in [0.1, 0.15) is 0 Å². The van der Waals surface area contributed by atoms with Crippen LogP contribution >= 0.6 is 11.6 Å². The van der Waals surface area contributed by atoms with Crippen molar-refractivity contribution in [3.05, 3.63) is 47.5 Å². The van der Waals surface area contributed by atoms with E-state index in [0.29, 0.717) is 5.02 Å². The Labute approximate surface area is 149 Å². The molecule has 0 aliphatic rings. The van der Waals surface area contributed by atoms with Crippen LogP contribution in [0.15, 0.2) is 57.4 Å². The van der Waals surface area contributed by atoms with Crippen molar-refractivity contribution in [2.24, 2.45) is 5.10 Å². The minimum atomic E-state index is -3.82. The predicted octanol–water partition coefficient (Wildman–Crippen LogP) is 3.00. The molecule has 0 atom stereocenters. The molecule has 0 saturated carbocycles. The summed E-state index contributed by atoms with van der Waals surface area (Å²) in [5.74, 6) is 0.267. The first kappa shape index (κ1) is 18.3. The Kier molecular flexibility index (Phi) is 5.60. The normalized spacial score (nSPS) is 10.2. The van der Waals surface area contributed by atoms with Crippen molar-refractivity contribution >= 4 is 32.8 Å². The summed E-state index contributed by atoms with van der Waals surface area (Å²) in [7, 11) is -2.43. The number of anilines is 1. The predicted molar refractivity (Wildman–Crippen MR) is 92.2 cm³/mol. The van der Waals surface area contributed by atoms with Gasteiger partial charge in [0.1, 0.15) is 17.9 Å². The SMILES string of the molecule is COc1cc(NN=C(C#N)C#N)cc(S(=O)(=O)c2ccc(Cl)cc2)c1. The highest BCUT2D eigenvalue weighted by Gasteiger charge is 2.19. The molecule has 7 nitrogen and oxygen atoms in total. The van der Waals surface area contributed by atoms with Crippen LogP contribution in [0.2, 0.25) is 5.02 Å². The number of hydrogen-bond acceptors (Lipinski definition) is 7. The minimum Gasteiger partial charge on any atom is -0.497 e. The van der Waals surface area contributed by atoms with Gasteiger partial charge in [-0.3, -0.25) is 5.43 Å². The molecule has 0 aliphatic heterocycles. The third kappa shape index (κ3) is 4.27. The zero-order chi connectivity index (χ0) is 18.4. The summed E-state index contributed by atoms with van der Waals surface area (Å²) in [6.45, 7) is 0. The van der Waals surface area contributed by atoms with Crippen LogP contribution in [-0.4, -0.2) is 21.2 Å². The first-order valence-corrected chi connectivity index (χ1v) is 8.60. The summed E-state index contributed by atoms with van der Waals surface area (Å²) in [5.41, 5.74) is 2.32. The van der Waals surface area contributed by atoms with Crippen LogP contribution in [-0.2, 0) is 9.84 Å². The van der Waals surface area contributed by atoms with Gasteiger partial charge in [0.15, 0.2) is 0 Å². The zero-order valence-corrected chi connectivity index (χ0v) is 14.5. The quantitative estimate of drug-likeness (QED) is 0.635. The maximum absolute atomic E-state index is 12.7. The number of nitriles is 2. The average molecular weight is 375 g/mol. The number of benzene rings is 2. The highest BCUT2D eigenvalue weighted by molar-refractivity contribution is 7.91. The molecule has 2 aromatic carbocycles. The summed E-state index contributed by atoms with van der Waals surface area (Å²) in [6.07, 6.45) is 0. The molecule has 0 spiro atoms. The highest BCUT2D eigenvalue weighted by Crippen LogP contribution is 2.29. The molecule has 126 valence electrons. The second-order valence-electron chi connectivity index (χ2n) is 4.65. The number of rotatable bonds is 5. The molecule has 0 aliphatic carbocycles. The Morgan fingerprint density at radius 1 is 1.12 bits per heavy atom. The Balaban J connectivity index is 2.49. The summed E-state index contributed by atoms with van der Waals surface area (Å²) in [4.78, 5) is 0.0247. The summed E-state index contributed by atoms with van der Waals surface area (Å²) >= 11 is 5.79. The number of hydrogen-bond donors (Lipinski definition) is 1. The first-order chi connectivity index (χ1) is 11.9. The van der Waals surface area contributed by atoms with Gasteiger partial charge in [-0.2, -0.15) is 15.6 Å². The van der Waals surface area contributed by atoms with E-state index in [0.717, 1.165) is 0 Å². The Hall–Kier alpha value is -3.07. The van der Waals surface area contributed by atoms with Gasteiger partial charge in [-0.25, -0.2) is 8.42 Å². The molecule has 2 rings (SSSR count). The van der Waals surface area contributed by atoms with Crippen LogP contribution in [0.5, 0.6) is 5.75 Å². The summed E-state index contributed by atoms with van der Waals surface area (Å²) in [6, 6.07) is 13.1. The van der Waals surface area contributed by atoms with Crippen molar-refractivity contribution in [3.63, 3.8) is 0 Å². The number of halogens is 1. The van der Waals surface area contributed by atoms with E-state index in [1.807, 2.05) is 0 Å². The van der Waals surface area contributed by atoms with E-state index in [1.165, 1.54) is 49.6 Å². The van der Waals surface area contributed by atoms with E-state index in [4.69, 9.17) is 26.9 Å². The van der Waals surface area contributed by atoms with Gasteiger partial charge in [0.2, 0.25) is 15.5 Å². The maximum atomic E-state index is 12.7. The molecule has 0 saturated heterocycles. The molecular formula is C16H11ClN4O3S. The molecule has 0 fully saturated rings. The van der Waals surface area contributed by atoms with Gasteiger partial charge in [-0.1, -0.05) is 11.6 Å². The van der Waals surface area contributed by atoms with Crippen LogP contribution in [0.4, 0.5) is 5.69 Å². The lowest BCUT2D eigenvalue weighted by Gasteiger charge is -2.10. The molecule has 0 heterocycles. The van der Waals surface area contributed by atoms with Crippen LogP contribution in [0, 0.1) is 22.7 Å². The van der Waals surface area contributed by atoms with Gasteiger partial charge in [-0.15, -0.1) is 0 Å². The second-order valence-corrected chi connectivity index (χ2v) is 7.04. The van der Waals surface area contributed by atoms with Crippen LogP contribution < -0.4 is 10.2 Å². The van der Waals surface area contributed by atoms with Gasteiger partial charge in [0, 0.05) is 11.1 Å². The van der Waals surface area contributed by atoms with E-state index >= 15 is 0 Å². The molecule has 0 radical (unpaired) electrons. The van der Waals surface area contributed by atoms with Gasteiger partial charge >= 0.3 is 0 Å². The Bertz CT molecular complexity index is 987. The average Bonchev–Trinajstić information content (AvgIpc) is 2.62. The fraction of sp³-hybridized carbons (Fsp3) is 0.0625. The summed E-state index contributed by atoms with van der Waals surface area (Å²) < 4.78 is 30.6. The Morgan fingerprint density at radius 3 is 2.32 bits per heavy atom. The minimum absolute atomic E-state index is 0.0395. The molecule has 1 N–H and O–H groups in total. The third-order valence-electron chi connectivity index (χ3n) is 3.06. The molecule has 0 aromatic heterocycles. The second kappa shape index (κ2) is 7.67. The number of sulfone groups is 1. The monoisotopic (exact) mass is 374 g/mol. The van der Waals surface area contributed by atoms with Crippen molar-refractivity contribution in [1.82, 2.24) is 0 Å². The van der Waals surface area contributed by atoms with E-state index in [-0.39, 0.29) is 21.2 Å². The summed E-state index contributed by atoms with van der Waals surface area (Å²) in [5, 5.41) is 21.4. The molecule has 25 heavy (non-hydrogen) atoms. The molecule has 0 bridgehead atoms. The van der Waals surface area contributed by atoms with E-state index in [2.05, 4.69) is 10.5 Å². The van der Waals surface area contributed by atoms with Crippen molar-refractivity contribution in [1.29, 1.82) is 10.5 Å². The number of hydrazone groups is 1. The standard InChI is InChI=1S/C16H11ClN4O3S/c1-24-14-6-12(20-21-13(9-18)10-19)7-16(8-14)25(22,23)15-4-2-11(17)3-5-15/h2-8,20H,1H3. The van der Waals surface area contributed by atoms with E-state index in [9.17, 15) is 8.42 Å². The van der Waals surface area contributed by atoms with Crippen LogP contribution in [0.25, 0.3) is 0 Å². The van der Waals surface area contributed by atoms with Crippen LogP contribution in [0.3, 0.4) is 0 Å².